The van der Waals surface area contributed by atoms with E-state index in [1.54, 1.807) is 6.07 Å². The van der Waals surface area contributed by atoms with Gasteiger partial charge in [-0.05, 0) is 48.9 Å². The lowest BCUT2D eigenvalue weighted by atomic mass is 9.92. The molecule has 1 aliphatic rings. The summed E-state index contributed by atoms with van der Waals surface area (Å²) in [7, 11) is 0. The van der Waals surface area contributed by atoms with E-state index in [0.29, 0.717) is 0 Å². The summed E-state index contributed by atoms with van der Waals surface area (Å²) in [4.78, 5) is 0.126. The van der Waals surface area contributed by atoms with Crippen LogP contribution in [0.4, 0.5) is 8.28 Å². The number of halogens is 2. The zero-order valence-electron chi connectivity index (χ0n) is 7.15. The third kappa shape index (κ3) is 1.70. The summed E-state index contributed by atoms with van der Waals surface area (Å²) in [5.74, 6) is -0.423. The van der Waals surface area contributed by atoms with E-state index in [2.05, 4.69) is 0 Å². The van der Waals surface area contributed by atoms with Crippen LogP contribution in [0, 0.1) is 5.82 Å². The van der Waals surface area contributed by atoms with E-state index < -0.39 is 5.82 Å². The normalized spacial score (nSPS) is 15.5. The van der Waals surface area contributed by atoms with Crippen molar-refractivity contribution in [1.29, 1.82) is 0 Å². The van der Waals surface area contributed by atoms with Gasteiger partial charge in [-0.25, -0.2) is 4.39 Å². The summed E-state index contributed by atoms with van der Waals surface area (Å²) < 4.78 is 25.3. The summed E-state index contributed by atoms with van der Waals surface area (Å²) >= 11 is -0.00676. The highest BCUT2D eigenvalue weighted by Gasteiger charge is 2.13. The fourth-order valence-corrected chi connectivity index (χ4v) is 2.11. The quantitative estimate of drug-likeness (QED) is 0.666. The molecule has 3 heteroatoms. The van der Waals surface area contributed by atoms with Crippen LogP contribution >= 0.6 is 12.1 Å². The molecule has 0 aliphatic heterocycles. The van der Waals surface area contributed by atoms with Gasteiger partial charge in [0.1, 0.15) is 5.82 Å². The lowest BCUT2D eigenvalue weighted by Gasteiger charge is -2.15. The second-order valence-corrected chi connectivity index (χ2v) is 3.93. The van der Waals surface area contributed by atoms with E-state index >= 15 is 0 Å². The molecule has 1 aromatic rings. The van der Waals surface area contributed by atoms with Gasteiger partial charge >= 0.3 is 0 Å². The zero-order valence-corrected chi connectivity index (χ0v) is 7.96. The maximum atomic E-state index is 13.1. The Kier molecular flexibility index (Phi) is 2.54. The highest BCUT2D eigenvalue weighted by Crippen LogP contribution is 2.29. The minimum Gasteiger partial charge on any atom is -0.206 e. The lowest BCUT2D eigenvalue weighted by molar-refractivity contribution is 0.587. The molecule has 13 heavy (non-hydrogen) atoms. The first-order valence-electron chi connectivity index (χ1n) is 4.41. The van der Waals surface area contributed by atoms with Crippen molar-refractivity contribution < 1.29 is 8.28 Å². The number of benzene rings is 1. The summed E-state index contributed by atoms with van der Waals surface area (Å²) in [6, 6.07) is 3.13. The van der Waals surface area contributed by atoms with Gasteiger partial charge in [0, 0.05) is 0 Å². The van der Waals surface area contributed by atoms with Crippen LogP contribution in [-0.2, 0) is 12.8 Å². The summed E-state index contributed by atoms with van der Waals surface area (Å²) in [6.07, 6.45) is 4.15. The Labute approximate surface area is 80.6 Å². The topological polar surface area (TPSA) is 0 Å². The van der Waals surface area contributed by atoms with Crippen molar-refractivity contribution in [2.24, 2.45) is 0 Å². The number of fused-ring (bicyclic) bond motifs is 1. The van der Waals surface area contributed by atoms with E-state index in [-0.39, 0.29) is 17.0 Å². The highest BCUT2D eigenvalue weighted by atomic mass is 32.2. The zero-order chi connectivity index (χ0) is 9.26. The second kappa shape index (κ2) is 3.66. The third-order valence-corrected chi connectivity index (χ3v) is 2.96. The molecule has 0 nitrogen and oxygen atoms in total. The molecule has 0 N–H and O–H groups in total. The second-order valence-electron chi connectivity index (χ2n) is 3.34. The Hall–Kier alpha value is -0.570. The average molecular weight is 200 g/mol. The summed E-state index contributed by atoms with van der Waals surface area (Å²) in [5.41, 5.74) is 2.18. The van der Waals surface area contributed by atoms with Crippen LogP contribution in [0.2, 0.25) is 0 Å². The SMILES string of the molecule is FSc1cc2c(cc1F)CCCC2. The molecule has 0 aromatic heterocycles. The number of hydrogen-bond donors (Lipinski definition) is 0. The van der Waals surface area contributed by atoms with Gasteiger partial charge in [0.25, 0.3) is 0 Å². The van der Waals surface area contributed by atoms with Crippen LogP contribution in [0.1, 0.15) is 24.0 Å². The molecule has 0 saturated heterocycles. The average Bonchev–Trinajstić information content (AvgIpc) is 2.17. The number of aryl methyl sites for hydroxylation is 2. The van der Waals surface area contributed by atoms with Crippen LogP contribution in [0.3, 0.4) is 0 Å². The van der Waals surface area contributed by atoms with Gasteiger partial charge in [0.15, 0.2) is 0 Å². The van der Waals surface area contributed by atoms with Gasteiger partial charge in [0.05, 0.1) is 17.0 Å². The summed E-state index contributed by atoms with van der Waals surface area (Å²) in [6.45, 7) is 0. The Bertz CT molecular complexity index is 323. The molecule has 1 aromatic carbocycles. The number of rotatable bonds is 1. The van der Waals surface area contributed by atoms with Crippen molar-refractivity contribution in [3.8, 4) is 0 Å². The van der Waals surface area contributed by atoms with Crippen molar-refractivity contribution in [3.63, 3.8) is 0 Å². The number of hydrogen-bond acceptors (Lipinski definition) is 1. The summed E-state index contributed by atoms with van der Waals surface area (Å²) in [5, 5.41) is 0. The maximum Gasteiger partial charge on any atom is 0.139 e. The molecule has 0 amide bonds. The molecular formula is C10H10F2S. The Morgan fingerprint density at radius 2 is 1.69 bits per heavy atom. The van der Waals surface area contributed by atoms with Gasteiger partial charge < -0.3 is 0 Å². The van der Waals surface area contributed by atoms with Crippen LogP contribution in [0.5, 0.6) is 0 Å². The molecule has 0 fully saturated rings. The van der Waals surface area contributed by atoms with Crippen LogP contribution in [0.15, 0.2) is 17.0 Å². The van der Waals surface area contributed by atoms with Crippen molar-refractivity contribution in [2.75, 3.05) is 0 Å². The molecule has 2 rings (SSSR count). The molecule has 0 spiro atoms. The van der Waals surface area contributed by atoms with Crippen LogP contribution in [0.25, 0.3) is 0 Å². The first kappa shape index (κ1) is 9.00. The maximum absolute atomic E-state index is 13.1. The predicted octanol–water partition coefficient (Wildman–Crippen LogP) is 3.68. The minimum atomic E-state index is -0.423. The van der Waals surface area contributed by atoms with Gasteiger partial charge in [-0.3, -0.25) is 0 Å². The Balaban J connectivity index is 2.44. The molecular weight excluding hydrogens is 190 g/mol. The molecule has 1 aliphatic carbocycles. The third-order valence-electron chi connectivity index (χ3n) is 2.48. The van der Waals surface area contributed by atoms with E-state index in [9.17, 15) is 8.28 Å². The Morgan fingerprint density at radius 3 is 2.31 bits per heavy atom. The van der Waals surface area contributed by atoms with Crippen LogP contribution < -0.4 is 0 Å². The first-order chi connectivity index (χ1) is 6.31. The fraction of sp³-hybridized carbons (Fsp3) is 0.400. The van der Waals surface area contributed by atoms with E-state index in [4.69, 9.17) is 0 Å². The van der Waals surface area contributed by atoms with Crippen molar-refractivity contribution in [3.05, 3.63) is 29.1 Å². The predicted molar refractivity (Wildman–Crippen MR) is 50.0 cm³/mol. The standard InChI is InChI=1S/C10H10F2S/c11-9-5-7-3-1-2-4-8(7)6-10(9)13-12/h5-6H,1-4H2. The molecule has 0 atom stereocenters. The molecule has 0 bridgehead atoms. The van der Waals surface area contributed by atoms with Crippen molar-refractivity contribution in [1.82, 2.24) is 0 Å². The minimum absolute atomic E-state index is 0.00676. The highest BCUT2D eigenvalue weighted by molar-refractivity contribution is 7.94. The Morgan fingerprint density at radius 1 is 1.08 bits per heavy atom. The first-order valence-corrected chi connectivity index (χ1v) is 5.13. The van der Waals surface area contributed by atoms with Gasteiger partial charge in [-0.1, -0.05) is 0 Å². The van der Waals surface area contributed by atoms with Crippen molar-refractivity contribution in [2.45, 2.75) is 30.6 Å². The molecule has 0 saturated carbocycles. The smallest absolute Gasteiger partial charge is 0.139 e. The molecule has 70 valence electrons. The monoisotopic (exact) mass is 200 g/mol. The molecule has 0 heterocycles. The molecule has 0 radical (unpaired) electrons. The van der Waals surface area contributed by atoms with Gasteiger partial charge in [-0.2, -0.15) is 3.89 Å². The largest absolute Gasteiger partial charge is 0.206 e. The lowest BCUT2D eigenvalue weighted by Crippen LogP contribution is -2.03. The van der Waals surface area contributed by atoms with Crippen molar-refractivity contribution >= 4 is 12.1 Å². The van der Waals surface area contributed by atoms with E-state index in [1.165, 1.54) is 6.07 Å². The van der Waals surface area contributed by atoms with E-state index in [1.807, 2.05) is 0 Å². The van der Waals surface area contributed by atoms with Gasteiger partial charge in [0.2, 0.25) is 0 Å². The molecule has 0 unspecified atom stereocenters. The van der Waals surface area contributed by atoms with Crippen LogP contribution in [-0.4, -0.2) is 0 Å². The fourth-order valence-electron chi connectivity index (χ4n) is 1.79. The van der Waals surface area contributed by atoms with Gasteiger partial charge in [-0.15, -0.1) is 0 Å². The van der Waals surface area contributed by atoms with E-state index in [0.717, 1.165) is 36.8 Å².